The lowest BCUT2D eigenvalue weighted by Gasteiger charge is -2.29. The van der Waals surface area contributed by atoms with E-state index in [0.29, 0.717) is 16.9 Å². The molecule has 106 valence electrons. The zero-order valence-corrected chi connectivity index (χ0v) is 14.5. The molecule has 0 spiro atoms. The molecule has 1 unspecified atom stereocenters. The van der Waals surface area contributed by atoms with Crippen molar-refractivity contribution >= 4 is 41.9 Å². The molecule has 0 bridgehead atoms. The maximum atomic E-state index is 12.5. The van der Waals surface area contributed by atoms with E-state index in [-0.39, 0.29) is 4.90 Å². The zero-order chi connectivity index (χ0) is 14.3. The van der Waals surface area contributed by atoms with Gasteiger partial charge in [0, 0.05) is 21.0 Å². The maximum Gasteiger partial charge on any atom is 0.242 e. The number of nitrogens with one attached hydrogen (secondary N) is 1. The topological polar surface area (TPSA) is 72.2 Å². The first-order valence-corrected chi connectivity index (χ1v) is 9.04. The number of rotatable bonds is 5. The summed E-state index contributed by atoms with van der Waals surface area (Å²) in [5.74, 6) is 0.335. The molecule has 1 fully saturated rings. The van der Waals surface area contributed by atoms with Gasteiger partial charge in [0.05, 0.1) is 4.90 Å². The van der Waals surface area contributed by atoms with Gasteiger partial charge in [-0.15, -0.1) is 0 Å². The molecule has 0 saturated heterocycles. The fourth-order valence-electron chi connectivity index (χ4n) is 2.07. The van der Waals surface area contributed by atoms with Crippen molar-refractivity contribution in [1.82, 2.24) is 4.72 Å². The van der Waals surface area contributed by atoms with Gasteiger partial charge in [-0.1, -0.05) is 15.9 Å². The number of halogens is 2. The van der Waals surface area contributed by atoms with E-state index < -0.39 is 15.6 Å². The molecule has 1 aromatic carbocycles. The molecule has 0 heterocycles. The van der Waals surface area contributed by atoms with Crippen LogP contribution in [-0.4, -0.2) is 20.5 Å². The van der Waals surface area contributed by atoms with Gasteiger partial charge in [-0.05, 0) is 59.8 Å². The summed E-state index contributed by atoms with van der Waals surface area (Å²) in [6.45, 7) is 2.17. The van der Waals surface area contributed by atoms with Crippen LogP contribution in [-0.2, 0) is 10.0 Å². The average molecular weight is 412 g/mol. The van der Waals surface area contributed by atoms with Gasteiger partial charge in [-0.3, -0.25) is 0 Å². The molecule has 1 saturated carbocycles. The van der Waals surface area contributed by atoms with Gasteiger partial charge >= 0.3 is 0 Å². The third-order valence-electron chi connectivity index (χ3n) is 3.45. The van der Waals surface area contributed by atoms with E-state index in [9.17, 15) is 8.42 Å². The molecule has 19 heavy (non-hydrogen) atoms. The van der Waals surface area contributed by atoms with E-state index in [1.165, 1.54) is 0 Å². The summed E-state index contributed by atoms with van der Waals surface area (Å²) < 4.78 is 29.0. The number of nitrogens with two attached hydrogens (primary N) is 1. The molecule has 0 aromatic heterocycles. The minimum Gasteiger partial charge on any atom is -0.329 e. The van der Waals surface area contributed by atoms with Gasteiger partial charge in [0.15, 0.2) is 0 Å². The molecule has 3 N–H and O–H groups in total. The van der Waals surface area contributed by atoms with Crippen molar-refractivity contribution in [2.45, 2.75) is 30.2 Å². The van der Waals surface area contributed by atoms with Gasteiger partial charge in [-0.25, -0.2) is 13.1 Å². The molecular weight excluding hydrogens is 396 g/mol. The molecular formula is C12H16Br2N2O2S. The van der Waals surface area contributed by atoms with Gasteiger partial charge < -0.3 is 5.73 Å². The first-order chi connectivity index (χ1) is 8.78. The van der Waals surface area contributed by atoms with E-state index >= 15 is 0 Å². The van der Waals surface area contributed by atoms with Crippen LogP contribution in [0.5, 0.6) is 0 Å². The van der Waals surface area contributed by atoms with Crippen molar-refractivity contribution in [3.8, 4) is 0 Å². The number of sulfonamides is 1. The maximum absolute atomic E-state index is 12.5. The Hall–Kier alpha value is 0.0500. The largest absolute Gasteiger partial charge is 0.329 e. The van der Waals surface area contributed by atoms with E-state index in [0.717, 1.165) is 17.3 Å². The summed E-state index contributed by atoms with van der Waals surface area (Å²) in [5, 5.41) is 0. The Kier molecular flexibility index (Phi) is 4.42. The molecule has 2 rings (SSSR count). The summed E-state index contributed by atoms with van der Waals surface area (Å²) in [5.41, 5.74) is 5.19. The Balaban J connectivity index is 2.32. The Labute approximate surface area is 130 Å². The van der Waals surface area contributed by atoms with Gasteiger partial charge in [0.1, 0.15) is 0 Å². The van der Waals surface area contributed by atoms with Crippen LogP contribution < -0.4 is 10.5 Å². The van der Waals surface area contributed by atoms with Crippen molar-refractivity contribution in [3.05, 3.63) is 27.1 Å². The van der Waals surface area contributed by atoms with Crippen LogP contribution >= 0.6 is 31.9 Å². The number of hydrogen-bond acceptors (Lipinski definition) is 3. The number of benzene rings is 1. The van der Waals surface area contributed by atoms with Crippen molar-refractivity contribution in [2.75, 3.05) is 6.54 Å². The van der Waals surface area contributed by atoms with Crippen molar-refractivity contribution in [2.24, 2.45) is 11.7 Å². The Morgan fingerprint density at radius 1 is 1.42 bits per heavy atom. The molecule has 1 atom stereocenters. The molecule has 1 aromatic rings. The summed E-state index contributed by atoms with van der Waals surface area (Å²) in [7, 11) is -3.58. The predicted octanol–water partition coefficient (Wildman–Crippen LogP) is 2.62. The third-order valence-corrected chi connectivity index (χ3v) is 6.54. The number of hydrogen-bond donors (Lipinski definition) is 2. The lowest BCUT2D eigenvalue weighted by atomic mass is 9.98. The highest BCUT2D eigenvalue weighted by Gasteiger charge is 2.43. The van der Waals surface area contributed by atoms with Crippen LogP contribution in [0.2, 0.25) is 0 Å². The third kappa shape index (κ3) is 3.39. The van der Waals surface area contributed by atoms with Gasteiger partial charge in [0.25, 0.3) is 0 Å². The molecule has 0 aliphatic heterocycles. The standard InChI is InChI=1S/C12H16Br2N2O2S/c1-12(7-15,8-2-3-8)16-19(17,18)11-5-4-9(13)6-10(11)14/h4-6,8,16H,2-3,7,15H2,1H3. The smallest absolute Gasteiger partial charge is 0.242 e. The minimum absolute atomic E-state index is 0.232. The molecule has 1 aliphatic carbocycles. The zero-order valence-electron chi connectivity index (χ0n) is 10.5. The van der Waals surface area contributed by atoms with E-state index in [1.807, 2.05) is 6.92 Å². The second-order valence-corrected chi connectivity index (χ2v) is 8.50. The van der Waals surface area contributed by atoms with E-state index in [1.54, 1.807) is 18.2 Å². The van der Waals surface area contributed by atoms with Crippen LogP contribution in [0, 0.1) is 5.92 Å². The predicted molar refractivity (Wildman–Crippen MR) is 82.3 cm³/mol. The summed E-state index contributed by atoms with van der Waals surface area (Å²) in [4.78, 5) is 0.232. The molecule has 0 amide bonds. The molecule has 0 radical (unpaired) electrons. The fraction of sp³-hybridized carbons (Fsp3) is 0.500. The second-order valence-electron chi connectivity index (χ2n) is 5.08. The van der Waals surface area contributed by atoms with E-state index in [2.05, 4.69) is 36.6 Å². The van der Waals surface area contributed by atoms with Crippen LogP contribution in [0.15, 0.2) is 32.0 Å². The highest BCUT2D eigenvalue weighted by Crippen LogP contribution is 2.40. The quantitative estimate of drug-likeness (QED) is 0.782. The van der Waals surface area contributed by atoms with Gasteiger partial charge in [-0.2, -0.15) is 0 Å². The highest BCUT2D eigenvalue weighted by molar-refractivity contribution is 9.11. The van der Waals surface area contributed by atoms with Crippen molar-refractivity contribution in [1.29, 1.82) is 0 Å². The van der Waals surface area contributed by atoms with Crippen LogP contribution in [0.4, 0.5) is 0 Å². The lowest BCUT2D eigenvalue weighted by molar-refractivity contribution is 0.374. The molecule has 7 heteroatoms. The van der Waals surface area contributed by atoms with Crippen LogP contribution in [0.1, 0.15) is 19.8 Å². The second kappa shape index (κ2) is 5.44. The van der Waals surface area contributed by atoms with Crippen LogP contribution in [0.25, 0.3) is 0 Å². The van der Waals surface area contributed by atoms with Crippen LogP contribution in [0.3, 0.4) is 0 Å². The van der Waals surface area contributed by atoms with Crippen molar-refractivity contribution < 1.29 is 8.42 Å². The average Bonchev–Trinajstić information content (AvgIpc) is 3.11. The van der Waals surface area contributed by atoms with E-state index in [4.69, 9.17) is 5.73 Å². The molecule has 1 aliphatic rings. The Bertz CT molecular complexity index is 587. The summed E-state index contributed by atoms with van der Waals surface area (Å²) in [6.07, 6.45) is 2.05. The van der Waals surface area contributed by atoms with Crippen molar-refractivity contribution in [3.63, 3.8) is 0 Å². The van der Waals surface area contributed by atoms with Gasteiger partial charge in [0.2, 0.25) is 10.0 Å². The Morgan fingerprint density at radius 2 is 2.05 bits per heavy atom. The Morgan fingerprint density at radius 3 is 2.53 bits per heavy atom. The highest BCUT2D eigenvalue weighted by atomic mass is 79.9. The monoisotopic (exact) mass is 410 g/mol. The fourth-order valence-corrected chi connectivity index (χ4v) is 5.29. The SMILES string of the molecule is CC(CN)(NS(=O)(=O)c1ccc(Br)cc1Br)C1CC1. The summed E-state index contributed by atoms with van der Waals surface area (Å²) in [6, 6.07) is 4.99. The first-order valence-electron chi connectivity index (χ1n) is 5.97. The lowest BCUT2D eigenvalue weighted by Crippen LogP contribution is -2.53. The molecule has 4 nitrogen and oxygen atoms in total. The summed E-state index contributed by atoms with van der Waals surface area (Å²) >= 11 is 6.59. The first kappa shape index (κ1) is 15.4. The minimum atomic E-state index is -3.58. The normalized spacial score (nSPS) is 19.2.